The molecule has 0 aliphatic carbocycles. The van der Waals surface area contributed by atoms with Crippen LogP contribution in [0.15, 0.2) is 70.5 Å². The lowest BCUT2D eigenvalue weighted by molar-refractivity contribution is 0.520. The van der Waals surface area contributed by atoms with E-state index in [1.54, 1.807) is 12.1 Å². The summed E-state index contributed by atoms with van der Waals surface area (Å²) in [6, 6.07) is 16.3. The minimum atomic E-state index is -3.93. The quantitative estimate of drug-likeness (QED) is 0.522. The zero-order valence-corrected chi connectivity index (χ0v) is 20.9. The van der Waals surface area contributed by atoms with Crippen molar-refractivity contribution in [3.05, 3.63) is 77.6 Å². The Labute approximate surface area is 196 Å². The molecule has 0 atom stereocenters. The molecule has 0 unspecified atom stereocenters. The van der Waals surface area contributed by atoms with Crippen LogP contribution in [0.4, 0.5) is 11.4 Å². The second-order valence-corrected chi connectivity index (χ2v) is 11.8. The summed E-state index contributed by atoms with van der Waals surface area (Å²) < 4.78 is 54.2. The Hall–Kier alpha value is -2.95. The Kier molecular flexibility index (Phi) is 7.11. The Morgan fingerprint density at radius 1 is 0.818 bits per heavy atom. The highest BCUT2D eigenvalue weighted by Gasteiger charge is 2.21. The van der Waals surface area contributed by atoms with Gasteiger partial charge in [-0.2, -0.15) is 0 Å². The maximum absolute atomic E-state index is 13.0. The van der Waals surface area contributed by atoms with Gasteiger partial charge in [0.05, 0.1) is 21.2 Å². The average Bonchev–Trinajstić information content (AvgIpc) is 2.73. The predicted octanol–water partition coefficient (Wildman–Crippen LogP) is 3.39. The van der Waals surface area contributed by atoms with Crippen LogP contribution < -0.4 is 9.62 Å². The van der Waals surface area contributed by atoms with E-state index in [4.69, 9.17) is 0 Å². The fourth-order valence-corrected chi connectivity index (χ4v) is 5.45. The van der Waals surface area contributed by atoms with Crippen LogP contribution in [0, 0.1) is 13.8 Å². The molecule has 0 spiro atoms. The van der Waals surface area contributed by atoms with Crippen molar-refractivity contribution in [2.24, 2.45) is 0 Å². The van der Waals surface area contributed by atoms with Crippen molar-refractivity contribution >= 4 is 31.4 Å². The molecule has 3 rings (SSSR count). The number of hydrogen-bond acceptors (Lipinski definition) is 6. The third kappa shape index (κ3) is 5.70. The van der Waals surface area contributed by atoms with Crippen LogP contribution in [-0.4, -0.2) is 47.3 Å². The van der Waals surface area contributed by atoms with Crippen LogP contribution in [0.3, 0.4) is 0 Å². The van der Waals surface area contributed by atoms with Crippen LogP contribution in [0.5, 0.6) is 0 Å². The first-order valence-electron chi connectivity index (χ1n) is 10.2. The standard InChI is InChI=1S/C23H28N4O4S2/c1-17-14-19(15-18(2)24-17)16-27(5)23-9-7-6-8-22(23)25-32(28,29)20-10-12-21(13-11-20)33(30,31)26(3)4/h6-15,25H,16H2,1-5H3. The molecule has 33 heavy (non-hydrogen) atoms. The molecule has 3 aromatic rings. The van der Waals surface area contributed by atoms with Gasteiger partial charge in [0.15, 0.2) is 0 Å². The number of para-hydroxylation sites is 2. The summed E-state index contributed by atoms with van der Waals surface area (Å²) in [5, 5.41) is 0. The highest BCUT2D eigenvalue weighted by atomic mass is 32.2. The van der Waals surface area contributed by atoms with Gasteiger partial charge in [-0.15, -0.1) is 0 Å². The van der Waals surface area contributed by atoms with Gasteiger partial charge >= 0.3 is 0 Å². The van der Waals surface area contributed by atoms with Crippen LogP contribution in [0.1, 0.15) is 17.0 Å². The third-order valence-electron chi connectivity index (χ3n) is 5.03. The maximum atomic E-state index is 13.0. The number of rotatable bonds is 8. The first-order chi connectivity index (χ1) is 15.4. The van der Waals surface area contributed by atoms with Gasteiger partial charge in [-0.3, -0.25) is 9.71 Å². The zero-order chi connectivity index (χ0) is 24.4. The van der Waals surface area contributed by atoms with Crippen LogP contribution in [0.25, 0.3) is 0 Å². The largest absolute Gasteiger partial charge is 0.369 e. The summed E-state index contributed by atoms with van der Waals surface area (Å²) in [7, 11) is -2.85. The monoisotopic (exact) mass is 488 g/mol. The van der Waals surface area contributed by atoms with Gasteiger partial charge in [-0.1, -0.05) is 12.1 Å². The third-order valence-corrected chi connectivity index (χ3v) is 8.24. The van der Waals surface area contributed by atoms with Crippen molar-refractivity contribution in [3.63, 3.8) is 0 Å². The lowest BCUT2D eigenvalue weighted by Gasteiger charge is -2.23. The van der Waals surface area contributed by atoms with Gasteiger partial charge < -0.3 is 4.90 Å². The topological polar surface area (TPSA) is 99.7 Å². The second kappa shape index (κ2) is 9.50. The molecule has 1 heterocycles. The van der Waals surface area contributed by atoms with Crippen molar-refractivity contribution in [1.82, 2.24) is 9.29 Å². The van der Waals surface area contributed by atoms with E-state index in [2.05, 4.69) is 9.71 Å². The zero-order valence-electron chi connectivity index (χ0n) is 19.3. The number of aromatic nitrogens is 1. The predicted molar refractivity (Wildman–Crippen MR) is 130 cm³/mol. The molecule has 176 valence electrons. The van der Waals surface area contributed by atoms with E-state index in [-0.39, 0.29) is 9.79 Å². The van der Waals surface area contributed by atoms with E-state index in [1.807, 2.05) is 50.1 Å². The number of pyridine rings is 1. The summed E-state index contributed by atoms with van der Waals surface area (Å²) in [4.78, 5) is 6.34. The van der Waals surface area contributed by atoms with Crippen molar-refractivity contribution in [2.45, 2.75) is 30.2 Å². The first kappa shape index (κ1) is 24.7. The van der Waals surface area contributed by atoms with Gasteiger partial charge in [-0.05, 0) is 67.9 Å². The molecule has 0 bridgehead atoms. The lowest BCUT2D eigenvalue weighted by Crippen LogP contribution is -2.22. The molecule has 0 radical (unpaired) electrons. The molecule has 0 fully saturated rings. The Morgan fingerprint density at radius 2 is 1.36 bits per heavy atom. The SMILES string of the molecule is Cc1cc(CN(C)c2ccccc2NS(=O)(=O)c2ccc(S(=O)(=O)N(C)C)cc2)cc(C)n1. The van der Waals surface area contributed by atoms with E-state index < -0.39 is 20.0 Å². The molecule has 1 N–H and O–H groups in total. The summed E-state index contributed by atoms with van der Waals surface area (Å²) >= 11 is 0. The van der Waals surface area contributed by atoms with Gasteiger partial charge in [0.1, 0.15) is 0 Å². The molecule has 0 saturated heterocycles. The Morgan fingerprint density at radius 3 is 1.94 bits per heavy atom. The first-order valence-corrected chi connectivity index (χ1v) is 13.1. The number of hydrogen-bond donors (Lipinski definition) is 1. The Bertz CT molecular complexity index is 1330. The van der Waals surface area contributed by atoms with E-state index in [0.717, 1.165) is 21.3 Å². The molecule has 0 aliphatic heterocycles. The highest BCUT2D eigenvalue weighted by molar-refractivity contribution is 7.92. The number of nitrogens with zero attached hydrogens (tertiary/aromatic N) is 3. The van der Waals surface area contributed by atoms with Gasteiger partial charge in [-0.25, -0.2) is 21.1 Å². The summed E-state index contributed by atoms with van der Waals surface area (Å²) in [6.07, 6.45) is 0. The van der Waals surface area contributed by atoms with Crippen molar-refractivity contribution < 1.29 is 16.8 Å². The fraction of sp³-hybridized carbons (Fsp3) is 0.261. The van der Waals surface area contributed by atoms with Gasteiger partial charge in [0.25, 0.3) is 10.0 Å². The number of sulfonamides is 2. The number of nitrogens with one attached hydrogen (secondary N) is 1. The second-order valence-electron chi connectivity index (χ2n) is 8.00. The van der Waals surface area contributed by atoms with Crippen LogP contribution >= 0.6 is 0 Å². The summed E-state index contributed by atoms with van der Waals surface area (Å²) in [6.45, 7) is 4.45. The summed E-state index contributed by atoms with van der Waals surface area (Å²) in [5.74, 6) is 0. The number of benzene rings is 2. The van der Waals surface area contributed by atoms with Gasteiger partial charge in [0, 0.05) is 39.1 Å². The number of aryl methyl sites for hydroxylation is 2. The normalized spacial score (nSPS) is 12.1. The Balaban J connectivity index is 1.86. The van der Waals surface area contributed by atoms with E-state index in [9.17, 15) is 16.8 Å². The molecule has 0 aliphatic rings. The van der Waals surface area contributed by atoms with Crippen LogP contribution in [-0.2, 0) is 26.6 Å². The van der Waals surface area contributed by atoms with Crippen molar-refractivity contribution in [3.8, 4) is 0 Å². The van der Waals surface area contributed by atoms with E-state index in [0.29, 0.717) is 17.9 Å². The maximum Gasteiger partial charge on any atom is 0.261 e. The van der Waals surface area contributed by atoms with Crippen LogP contribution in [0.2, 0.25) is 0 Å². The fourth-order valence-electron chi connectivity index (χ4n) is 3.47. The van der Waals surface area contributed by atoms with E-state index >= 15 is 0 Å². The molecule has 8 nitrogen and oxygen atoms in total. The molecule has 1 aromatic heterocycles. The van der Waals surface area contributed by atoms with Gasteiger partial charge in [0.2, 0.25) is 10.0 Å². The summed E-state index contributed by atoms with van der Waals surface area (Å²) in [5.41, 5.74) is 4.05. The molecule has 10 heteroatoms. The van der Waals surface area contributed by atoms with E-state index in [1.165, 1.54) is 38.4 Å². The van der Waals surface area contributed by atoms with Crippen molar-refractivity contribution in [1.29, 1.82) is 0 Å². The minimum absolute atomic E-state index is 0.0227. The molecule has 0 amide bonds. The van der Waals surface area contributed by atoms with Crippen molar-refractivity contribution in [2.75, 3.05) is 30.8 Å². The smallest absolute Gasteiger partial charge is 0.261 e. The molecular formula is C23H28N4O4S2. The minimum Gasteiger partial charge on any atom is -0.369 e. The lowest BCUT2D eigenvalue weighted by atomic mass is 10.1. The molecule has 0 saturated carbocycles. The average molecular weight is 489 g/mol. The molecular weight excluding hydrogens is 460 g/mol. The number of anilines is 2. The highest BCUT2D eigenvalue weighted by Crippen LogP contribution is 2.29. The molecule has 2 aromatic carbocycles.